The molecule has 1 amide bonds. The van der Waals surface area contributed by atoms with Gasteiger partial charge in [-0.25, -0.2) is 8.42 Å². The number of amides is 1. The minimum Gasteiger partial charge on any atom is -0.352 e. The maximum absolute atomic E-state index is 12.5. The van der Waals surface area contributed by atoms with Gasteiger partial charge in [0.2, 0.25) is 0 Å². The van der Waals surface area contributed by atoms with E-state index in [9.17, 15) is 13.2 Å². The molecule has 2 aromatic rings. The lowest BCUT2D eigenvalue weighted by Crippen LogP contribution is -2.28. The summed E-state index contributed by atoms with van der Waals surface area (Å²) < 4.78 is 23.6. The van der Waals surface area contributed by atoms with Gasteiger partial charge in [-0.3, -0.25) is 4.79 Å². The number of hydrogen-bond acceptors (Lipinski definition) is 4. The third-order valence-corrected chi connectivity index (χ3v) is 6.27. The first-order valence-corrected chi connectivity index (χ1v) is 10.3. The zero-order chi connectivity index (χ0) is 17.6. The zero-order valence-electron chi connectivity index (χ0n) is 14.0. The minimum atomic E-state index is -3.27. The Balaban J connectivity index is 1.80. The number of hydrogen-bond donors (Lipinski definition) is 2. The SMILES string of the molecule is CS(=O)(=O)c1cccc(-c2ccc3c(c2)C(=O)NC[C@@H]2CNC[C@@H]32)c1. The summed E-state index contributed by atoms with van der Waals surface area (Å²) >= 11 is 0. The Kier molecular flexibility index (Phi) is 3.89. The first kappa shape index (κ1) is 16.3. The second-order valence-corrected chi connectivity index (χ2v) is 8.85. The van der Waals surface area contributed by atoms with Gasteiger partial charge in [-0.2, -0.15) is 0 Å². The fraction of sp³-hybridized carbons (Fsp3) is 0.316. The van der Waals surface area contributed by atoms with Gasteiger partial charge in [0.25, 0.3) is 5.91 Å². The van der Waals surface area contributed by atoms with Gasteiger partial charge in [-0.15, -0.1) is 0 Å². The molecule has 2 N–H and O–H groups in total. The Hall–Kier alpha value is -2.18. The summed E-state index contributed by atoms with van der Waals surface area (Å²) in [5.41, 5.74) is 3.42. The first-order chi connectivity index (χ1) is 11.9. The second kappa shape index (κ2) is 5.97. The molecule has 2 aliphatic heterocycles. The van der Waals surface area contributed by atoms with Crippen LogP contribution in [0.25, 0.3) is 11.1 Å². The summed E-state index contributed by atoms with van der Waals surface area (Å²) in [6, 6.07) is 12.7. The van der Waals surface area contributed by atoms with E-state index in [2.05, 4.69) is 10.6 Å². The molecule has 130 valence electrons. The molecule has 0 unspecified atom stereocenters. The number of nitrogens with one attached hydrogen (secondary N) is 2. The second-order valence-electron chi connectivity index (χ2n) is 6.84. The molecular formula is C19H20N2O3S. The van der Waals surface area contributed by atoms with Gasteiger partial charge in [0, 0.05) is 37.4 Å². The highest BCUT2D eigenvalue weighted by molar-refractivity contribution is 7.90. The lowest BCUT2D eigenvalue weighted by atomic mass is 9.86. The standard InChI is InChI=1S/C19H20N2O3S/c1-25(23,24)15-4-2-3-12(7-15)13-5-6-16-17(8-13)19(22)21-10-14-9-20-11-18(14)16/h2-8,14,18,20H,9-11H2,1H3,(H,21,22)/t14-,18+/m0/s1. The summed E-state index contributed by atoms with van der Waals surface area (Å²) in [6.45, 7) is 2.49. The Morgan fingerprint density at radius 3 is 2.60 bits per heavy atom. The maximum atomic E-state index is 12.5. The van der Waals surface area contributed by atoms with Gasteiger partial charge >= 0.3 is 0 Å². The van der Waals surface area contributed by atoms with Crippen LogP contribution in [0.15, 0.2) is 47.4 Å². The topological polar surface area (TPSA) is 75.3 Å². The molecule has 1 saturated heterocycles. The molecule has 0 spiro atoms. The Morgan fingerprint density at radius 1 is 1.00 bits per heavy atom. The predicted molar refractivity (Wildman–Crippen MR) is 96.4 cm³/mol. The molecule has 2 aromatic carbocycles. The number of carbonyl (C=O) groups excluding carboxylic acids is 1. The molecule has 1 fully saturated rings. The lowest BCUT2D eigenvalue weighted by molar-refractivity contribution is 0.0952. The highest BCUT2D eigenvalue weighted by atomic mass is 32.2. The van der Waals surface area contributed by atoms with Crippen molar-refractivity contribution >= 4 is 15.7 Å². The largest absolute Gasteiger partial charge is 0.352 e. The first-order valence-electron chi connectivity index (χ1n) is 8.37. The Morgan fingerprint density at radius 2 is 1.80 bits per heavy atom. The van der Waals surface area contributed by atoms with Gasteiger partial charge in [-0.1, -0.05) is 24.3 Å². The van der Waals surface area contributed by atoms with Crippen molar-refractivity contribution in [3.05, 3.63) is 53.6 Å². The van der Waals surface area contributed by atoms with Gasteiger partial charge < -0.3 is 10.6 Å². The highest BCUT2D eigenvalue weighted by Gasteiger charge is 2.34. The molecule has 5 nitrogen and oxygen atoms in total. The number of carbonyl (C=O) groups is 1. The van der Waals surface area contributed by atoms with Crippen molar-refractivity contribution in [3.8, 4) is 11.1 Å². The van der Waals surface area contributed by atoms with Crippen LogP contribution in [0.1, 0.15) is 21.8 Å². The van der Waals surface area contributed by atoms with Gasteiger partial charge in [0.15, 0.2) is 9.84 Å². The number of rotatable bonds is 2. The van der Waals surface area contributed by atoms with Crippen molar-refractivity contribution in [2.75, 3.05) is 25.9 Å². The average molecular weight is 356 g/mol. The van der Waals surface area contributed by atoms with Crippen LogP contribution in [-0.4, -0.2) is 40.2 Å². The molecule has 25 heavy (non-hydrogen) atoms. The maximum Gasteiger partial charge on any atom is 0.251 e. The van der Waals surface area contributed by atoms with E-state index in [1.807, 2.05) is 24.3 Å². The van der Waals surface area contributed by atoms with Crippen molar-refractivity contribution in [2.24, 2.45) is 5.92 Å². The van der Waals surface area contributed by atoms with Gasteiger partial charge in [0.05, 0.1) is 4.90 Å². The fourth-order valence-corrected chi connectivity index (χ4v) is 4.46. The molecule has 2 heterocycles. The van der Waals surface area contributed by atoms with Crippen LogP contribution in [-0.2, 0) is 9.84 Å². The fourth-order valence-electron chi connectivity index (χ4n) is 3.79. The van der Waals surface area contributed by atoms with E-state index in [-0.39, 0.29) is 10.8 Å². The van der Waals surface area contributed by atoms with Crippen molar-refractivity contribution < 1.29 is 13.2 Å². The summed E-state index contributed by atoms with van der Waals surface area (Å²) in [5.74, 6) is 0.709. The smallest absolute Gasteiger partial charge is 0.251 e. The average Bonchev–Trinajstić information content (AvgIpc) is 3.02. The Bertz CT molecular complexity index is 953. The summed E-state index contributed by atoms with van der Waals surface area (Å²) in [7, 11) is -3.27. The molecule has 0 saturated carbocycles. The van der Waals surface area contributed by atoms with E-state index in [4.69, 9.17) is 0 Å². The van der Waals surface area contributed by atoms with Crippen molar-refractivity contribution in [1.82, 2.24) is 10.6 Å². The van der Waals surface area contributed by atoms with Gasteiger partial charge in [-0.05, 0) is 40.8 Å². The van der Waals surface area contributed by atoms with Gasteiger partial charge in [0.1, 0.15) is 0 Å². The molecule has 0 aromatic heterocycles. The summed E-state index contributed by atoms with van der Waals surface area (Å²) in [5, 5.41) is 6.41. The highest BCUT2D eigenvalue weighted by Crippen LogP contribution is 2.35. The lowest BCUT2D eigenvalue weighted by Gasteiger charge is -2.17. The molecule has 6 heteroatoms. The summed E-state index contributed by atoms with van der Waals surface area (Å²) in [4.78, 5) is 12.8. The van der Waals surface area contributed by atoms with Crippen LogP contribution in [0.3, 0.4) is 0 Å². The normalized spacial score (nSPS) is 22.7. The monoisotopic (exact) mass is 356 g/mol. The third-order valence-electron chi connectivity index (χ3n) is 5.16. The van der Waals surface area contributed by atoms with E-state index >= 15 is 0 Å². The number of fused-ring (bicyclic) bond motifs is 3. The van der Waals surface area contributed by atoms with E-state index in [0.29, 0.717) is 23.9 Å². The quantitative estimate of drug-likeness (QED) is 0.860. The van der Waals surface area contributed by atoms with E-state index in [0.717, 1.165) is 29.8 Å². The van der Waals surface area contributed by atoms with Crippen LogP contribution in [0.2, 0.25) is 0 Å². The molecule has 4 rings (SSSR count). The van der Waals surface area contributed by atoms with E-state index < -0.39 is 9.84 Å². The van der Waals surface area contributed by atoms with Crippen molar-refractivity contribution in [2.45, 2.75) is 10.8 Å². The minimum absolute atomic E-state index is 0.0504. The van der Waals surface area contributed by atoms with Crippen molar-refractivity contribution in [3.63, 3.8) is 0 Å². The molecule has 0 aliphatic carbocycles. The van der Waals surface area contributed by atoms with Crippen LogP contribution >= 0.6 is 0 Å². The van der Waals surface area contributed by atoms with E-state index in [1.165, 1.54) is 6.26 Å². The van der Waals surface area contributed by atoms with Crippen molar-refractivity contribution in [1.29, 1.82) is 0 Å². The van der Waals surface area contributed by atoms with Crippen LogP contribution < -0.4 is 10.6 Å². The molecule has 2 atom stereocenters. The Labute approximate surface area is 147 Å². The summed E-state index contributed by atoms with van der Waals surface area (Å²) in [6.07, 6.45) is 1.20. The zero-order valence-corrected chi connectivity index (χ0v) is 14.8. The molecular weight excluding hydrogens is 336 g/mol. The van der Waals surface area contributed by atoms with Crippen LogP contribution in [0.4, 0.5) is 0 Å². The van der Waals surface area contributed by atoms with Crippen LogP contribution in [0, 0.1) is 5.92 Å². The molecule has 0 radical (unpaired) electrons. The predicted octanol–water partition coefficient (Wildman–Crippen LogP) is 1.80. The van der Waals surface area contributed by atoms with Crippen LogP contribution in [0.5, 0.6) is 0 Å². The number of sulfone groups is 1. The number of benzene rings is 2. The molecule has 0 bridgehead atoms. The van der Waals surface area contributed by atoms with E-state index in [1.54, 1.807) is 18.2 Å². The third kappa shape index (κ3) is 2.96. The molecule has 2 aliphatic rings.